The maximum atomic E-state index is 12.9. The zero-order valence-corrected chi connectivity index (χ0v) is 15.6. The molecule has 28 heavy (non-hydrogen) atoms. The summed E-state index contributed by atoms with van der Waals surface area (Å²) in [5, 5.41) is 2.12. The van der Waals surface area contributed by atoms with Crippen molar-refractivity contribution in [1.82, 2.24) is 10.3 Å². The van der Waals surface area contributed by atoms with Gasteiger partial charge in [0.1, 0.15) is 6.26 Å². The van der Waals surface area contributed by atoms with Crippen molar-refractivity contribution < 1.29 is 22.4 Å². The highest BCUT2D eigenvalue weighted by Gasteiger charge is 2.33. The molecule has 0 fully saturated rings. The zero-order valence-electron chi connectivity index (χ0n) is 14.8. The Kier molecular flexibility index (Phi) is 5.74. The van der Waals surface area contributed by atoms with E-state index in [9.17, 15) is 18.0 Å². The number of aryl methyl sites for hydroxylation is 1. The second-order valence-electron chi connectivity index (χ2n) is 6.21. The first-order valence-electron chi connectivity index (χ1n) is 8.40. The van der Waals surface area contributed by atoms with Crippen molar-refractivity contribution in [2.24, 2.45) is 0 Å². The summed E-state index contributed by atoms with van der Waals surface area (Å²) in [5.74, 6) is -0.154. The van der Waals surface area contributed by atoms with Gasteiger partial charge >= 0.3 is 6.18 Å². The van der Waals surface area contributed by atoms with Crippen molar-refractivity contribution in [3.63, 3.8) is 0 Å². The first-order valence-corrected chi connectivity index (χ1v) is 8.78. The second-order valence-corrected chi connectivity index (χ2v) is 6.62. The van der Waals surface area contributed by atoms with Crippen LogP contribution < -0.4 is 5.32 Å². The molecule has 4 nitrogen and oxygen atoms in total. The molecule has 1 aromatic heterocycles. The van der Waals surface area contributed by atoms with Crippen LogP contribution in [0.15, 0.2) is 53.1 Å². The van der Waals surface area contributed by atoms with Gasteiger partial charge in [-0.15, -0.1) is 0 Å². The fraction of sp³-hybridized carbons (Fsp3) is 0.200. The number of alkyl halides is 3. The van der Waals surface area contributed by atoms with Gasteiger partial charge in [0.25, 0.3) is 5.91 Å². The van der Waals surface area contributed by atoms with E-state index in [0.29, 0.717) is 18.0 Å². The zero-order chi connectivity index (χ0) is 20.3. The standard InChI is InChI=1S/C20H16ClF3N2O2/c1-12-2-4-13(5-3-12)19-26-15(11-28-19)8-9-25-18(27)14-6-7-17(21)16(10-14)20(22,23)24/h2-7,10-11H,8-9H2,1H3,(H,25,27). The summed E-state index contributed by atoms with van der Waals surface area (Å²) in [7, 11) is 0. The van der Waals surface area contributed by atoms with Crippen molar-refractivity contribution in [3.8, 4) is 11.5 Å². The Morgan fingerprint density at radius 3 is 2.57 bits per heavy atom. The Labute approximate surface area is 164 Å². The van der Waals surface area contributed by atoms with Gasteiger partial charge < -0.3 is 9.73 Å². The molecule has 8 heteroatoms. The predicted molar refractivity (Wildman–Crippen MR) is 99.2 cm³/mol. The third kappa shape index (κ3) is 4.72. The topological polar surface area (TPSA) is 55.1 Å². The van der Waals surface area contributed by atoms with Gasteiger partial charge in [0.15, 0.2) is 0 Å². The molecule has 1 amide bonds. The summed E-state index contributed by atoms with van der Waals surface area (Å²) in [5.41, 5.74) is 1.43. The minimum atomic E-state index is -4.62. The number of hydrogen-bond donors (Lipinski definition) is 1. The summed E-state index contributed by atoms with van der Waals surface area (Å²) in [6.45, 7) is 2.18. The molecule has 146 valence electrons. The van der Waals surface area contributed by atoms with Crippen LogP contribution in [0.3, 0.4) is 0 Å². The lowest BCUT2D eigenvalue weighted by Crippen LogP contribution is -2.26. The Morgan fingerprint density at radius 1 is 1.18 bits per heavy atom. The molecule has 0 saturated carbocycles. The number of nitrogens with one attached hydrogen (secondary N) is 1. The number of carbonyl (C=O) groups excluding carboxylic acids is 1. The normalized spacial score (nSPS) is 11.5. The van der Waals surface area contributed by atoms with Crippen molar-refractivity contribution in [1.29, 1.82) is 0 Å². The highest BCUT2D eigenvalue weighted by molar-refractivity contribution is 6.31. The molecule has 0 spiro atoms. The molecule has 0 aliphatic carbocycles. The summed E-state index contributed by atoms with van der Waals surface area (Å²) in [6.07, 6.45) is -2.76. The number of carbonyl (C=O) groups is 1. The van der Waals surface area contributed by atoms with Gasteiger partial charge in [0.2, 0.25) is 5.89 Å². The number of nitrogens with zero attached hydrogens (tertiary/aromatic N) is 1. The summed E-state index contributed by atoms with van der Waals surface area (Å²) in [6, 6.07) is 10.7. The van der Waals surface area contributed by atoms with Crippen LogP contribution in [0.25, 0.3) is 11.5 Å². The van der Waals surface area contributed by atoms with Crippen molar-refractivity contribution in [2.75, 3.05) is 6.54 Å². The van der Waals surface area contributed by atoms with E-state index >= 15 is 0 Å². The molecule has 1 heterocycles. The molecule has 0 bridgehead atoms. The van der Waals surface area contributed by atoms with Crippen LogP contribution >= 0.6 is 11.6 Å². The minimum Gasteiger partial charge on any atom is -0.444 e. The van der Waals surface area contributed by atoms with Crippen LogP contribution in [0.1, 0.15) is 27.2 Å². The number of oxazole rings is 1. The SMILES string of the molecule is Cc1ccc(-c2nc(CCNC(=O)c3ccc(Cl)c(C(F)(F)F)c3)co2)cc1. The Balaban J connectivity index is 1.60. The number of hydrogen-bond acceptors (Lipinski definition) is 3. The largest absolute Gasteiger partial charge is 0.444 e. The highest BCUT2D eigenvalue weighted by Crippen LogP contribution is 2.35. The molecule has 3 rings (SSSR count). The van der Waals surface area contributed by atoms with Gasteiger partial charge in [-0.1, -0.05) is 29.3 Å². The van der Waals surface area contributed by atoms with Crippen LogP contribution in [0.4, 0.5) is 13.2 Å². The highest BCUT2D eigenvalue weighted by atomic mass is 35.5. The van der Waals surface area contributed by atoms with Gasteiger partial charge in [0, 0.05) is 24.1 Å². The van der Waals surface area contributed by atoms with Crippen molar-refractivity contribution in [3.05, 3.63) is 76.1 Å². The van der Waals surface area contributed by atoms with Crippen molar-refractivity contribution >= 4 is 17.5 Å². The smallest absolute Gasteiger partial charge is 0.417 e. The van der Waals surface area contributed by atoms with Gasteiger partial charge in [-0.2, -0.15) is 13.2 Å². The fourth-order valence-electron chi connectivity index (χ4n) is 2.54. The van der Waals surface area contributed by atoms with Crippen LogP contribution in [0.5, 0.6) is 0 Å². The van der Waals surface area contributed by atoms with Crippen LogP contribution in [-0.4, -0.2) is 17.4 Å². The number of rotatable bonds is 5. The average Bonchev–Trinajstić information content (AvgIpc) is 3.10. The monoisotopic (exact) mass is 408 g/mol. The molecule has 3 aromatic rings. The van der Waals surface area contributed by atoms with Gasteiger partial charge in [-0.3, -0.25) is 4.79 Å². The van der Waals surface area contributed by atoms with Gasteiger partial charge in [-0.25, -0.2) is 4.98 Å². The molecule has 0 unspecified atom stereocenters. The lowest BCUT2D eigenvalue weighted by molar-refractivity contribution is -0.137. The van der Waals surface area contributed by atoms with E-state index in [1.165, 1.54) is 12.3 Å². The predicted octanol–water partition coefficient (Wildman–Crippen LogP) is 5.29. The molecule has 0 aliphatic heterocycles. The van der Waals surface area contributed by atoms with Gasteiger partial charge in [-0.05, 0) is 37.3 Å². The lowest BCUT2D eigenvalue weighted by atomic mass is 10.1. The Morgan fingerprint density at radius 2 is 1.89 bits per heavy atom. The molecule has 0 aliphatic rings. The lowest BCUT2D eigenvalue weighted by Gasteiger charge is -2.11. The number of halogens is 4. The second kappa shape index (κ2) is 8.06. The van der Waals surface area contributed by atoms with E-state index in [2.05, 4.69) is 10.3 Å². The number of benzene rings is 2. The number of aromatic nitrogens is 1. The minimum absolute atomic E-state index is 0.114. The summed E-state index contributed by atoms with van der Waals surface area (Å²) >= 11 is 5.56. The average molecular weight is 409 g/mol. The molecule has 0 radical (unpaired) electrons. The molecule has 0 atom stereocenters. The molecule has 2 aromatic carbocycles. The first-order chi connectivity index (χ1) is 13.2. The quantitative estimate of drug-likeness (QED) is 0.623. The van der Waals surface area contributed by atoms with Crippen molar-refractivity contribution in [2.45, 2.75) is 19.5 Å². The maximum absolute atomic E-state index is 12.9. The van der Waals surface area contributed by atoms with E-state index in [-0.39, 0.29) is 12.1 Å². The number of amides is 1. The van der Waals surface area contributed by atoms with E-state index in [0.717, 1.165) is 23.3 Å². The Hall–Kier alpha value is -2.80. The van der Waals surface area contributed by atoms with Crippen LogP contribution in [-0.2, 0) is 12.6 Å². The van der Waals surface area contributed by atoms with Gasteiger partial charge in [0.05, 0.1) is 16.3 Å². The third-order valence-corrected chi connectivity index (χ3v) is 4.38. The third-order valence-electron chi connectivity index (χ3n) is 4.05. The Bertz CT molecular complexity index is 982. The summed E-state index contributed by atoms with van der Waals surface area (Å²) in [4.78, 5) is 16.5. The molecule has 0 saturated heterocycles. The first kappa shape index (κ1) is 19.9. The fourth-order valence-corrected chi connectivity index (χ4v) is 2.77. The molecular formula is C20H16ClF3N2O2. The van der Waals surface area contributed by atoms with E-state index in [1.54, 1.807) is 0 Å². The van der Waals surface area contributed by atoms with E-state index < -0.39 is 22.7 Å². The van der Waals surface area contributed by atoms with E-state index in [4.69, 9.17) is 16.0 Å². The summed E-state index contributed by atoms with van der Waals surface area (Å²) < 4.78 is 44.1. The van der Waals surface area contributed by atoms with Crippen LogP contribution in [0, 0.1) is 6.92 Å². The van der Waals surface area contributed by atoms with E-state index in [1.807, 2.05) is 31.2 Å². The van der Waals surface area contributed by atoms with Crippen LogP contribution in [0.2, 0.25) is 5.02 Å². The maximum Gasteiger partial charge on any atom is 0.417 e. The molecular weight excluding hydrogens is 393 g/mol. The molecule has 1 N–H and O–H groups in total.